The second kappa shape index (κ2) is 4.14. The van der Waals surface area contributed by atoms with Crippen molar-refractivity contribution in [2.75, 3.05) is 13.1 Å². The van der Waals surface area contributed by atoms with Crippen LogP contribution in [0.25, 0.3) is 11.1 Å². The van der Waals surface area contributed by atoms with Crippen LogP contribution in [0.15, 0.2) is 28.7 Å². The summed E-state index contributed by atoms with van der Waals surface area (Å²) in [7, 11) is 0. The predicted octanol–water partition coefficient (Wildman–Crippen LogP) is 1.96. The minimum atomic E-state index is 0.231. The van der Waals surface area contributed by atoms with E-state index < -0.39 is 0 Å². The van der Waals surface area contributed by atoms with Crippen molar-refractivity contribution in [1.29, 1.82) is 0 Å². The third kappa shape index (κ3) is 1.88. The molecule has 1 fully saturated rings. The number of piperidine rings is 1. The Bertz CT molecular complexity index is 442. The van der Waals surface area contributed by atoms with E-state index in [-0.39, 0.29) is 6.10 Å². The van der Waals surface area contributed by atoms with E-state index in [1.807, 2.05) is 24.3 Å². The maximum atomic E-state index is 5.72. The molecule has 0 radical (unpaired) electrons. The zero-order valence-electron chi connectivity index (χ0n) is 8.98. The lowest BCUT2D eigenvalue weighted by Gasteiger charge is -2.21. The van der Waals surface area contributed by atoms with Gasteiger partial charge in [0, 0.05) is 0 Å². The van der Waals surface area contributed by atoms with Crippen LogP contribution in [0.1, 0.15) is 12.8 Å². The summed E-state index contributed by atoms with van der Waals surface area (Å²) in [5.74, 6) is 0. The van der Waals surface area contributed by atoms with E-state index in [1.165, 1.54) is 0 Å². The Kier molecular flexibility index (Phi) is 2.50. The summed E-state index contributed by atoms with van der Waals surface area (Å²) in [4.78, 5) is 4.30. The van der Waals surface area contributed by atoms with Crippen molar-refractivity contribution in [3.8, 4) is 6.08 Å². The molecular weight excluding hydrogens is 204 g/mol. The van der Waals surface area contributed by atoms with Crippen LogP contribution in [0, 0.1) is 0 Å². The maximum absolute atomic E-state index is 5.72. The number of nitrogens with zero attached hydrogens (tertiary/aromatic N) is 1. The molecule has 1 aromatic heterocycles. The van der Waals surface area contributed by atoms with Crippen molar-refractivity contribution in [1.82, 2.24) is 10.3 Å². The van der Waals surface area contributed by atoms with Gasteiger partial charge in [-0.2, -0.15) is 4.98 Å². The summed E-state index contributed by atoms with van der Waals surface area (Å²) in [5, 5.41) is 3.30. The third-order valence-corrected chi connectivity index (χ3v) is 2.83. The number of para-hydroxylation sites is 2. The Morgan fingerprint density at radius 1 is 1.25 bits per heavy atom. The predicted molar refractivity (Wildman–Crippen MR) is 60.5 cm³/mol. The van der Waals surface area contributed by atoms with E-state index in [0.29, 0.717) is 6.08 Å². The Balaban J connectivity index is 1.78. The average Bonchev–Trinajstić information content (AvgIpc) is 2.72. The summed E-state index contributed by atoms with van der Waals surface area (Å²) in [6.07, 6.45) is 2.65. The van der Waals surface area contributed by atoms with Gasteiger partial charge in [-0.25, -0.2) is 0 Å². The van der Waals surface area contributed by atoms with Gasteiger partial charge in [-0.1, -0.05) is 12.1 Å². The zero-order chi connectivity index (χ0) is 10.8. The Hall–Kier alpha value is -1.55. The van der Waals surface area contributed by atoms with E-state index in [1.54, 1.807) is 0 Å². The van der Waals surface area contributed by atoms with E-state index in [4.69, 9.17) is 9.15 Å². The summed E-state index contributed by atoms with van der Waals surface area (Å²) >= 11 is 0. The fraction of sp³-hybridized carbons (Fsp3) is 0.417. The first-order valence-electron chi connectivity index (χ1n) is 5.65. The van der Waals surface area contributed by atoms with Crippen molar-refractivity contribution in [2.45, 2.75) is 18.9 Å². The molecule has 16 heavy (non-hydrogen) atoms. The maximum Gasteiger partial charge on any atom is 0.394 e. The first kappa shape index (κ1) is 9.66. The third-order valence-electron chi connectivity index (χ3n) is 2.83. The van der Waals surface area contributed by atoms with Gasteiger partial charge in [0.1, 0.15) is 11.6 Å². The summed E-state index contributed by atoms with van der Waals surface area (Å²) in [5.41, 5.74) is 1.64. The van der Waals surface area contributed by atoms with Gasteiger partial charge in [0.2, 0.25) is 0 Å². The Morgan fingerprint density at radius 3 is 2.88 bits per heavy atom. The van der Waals surface area contributed by atoms with Crippen LogP contribution < -0.4 is 10.1 Å². The van der Waals surface area contributed by atoms with Crippen molar-refractivity contribution in [2.24, 2.45) is 0 Å². The molecule has 84 valence electrons. The molecule has 0 spiro atoms. The second-order valence-corrected chi connectivity index (χ2v) is 4.01. The molecule has 1 aromatic carbocycles. The van der Waals surface area contributed by atoms with Crippen molar-refractivity contribution in [3.05, 3.63) is 24.3 Å². The van der Waals surface area contributed by atoms with Crippen molar-refractivity contribution >= 4 is 11.1 Å². The number of fused-ring (bicyclic) bond motifs is 1. The number of benzene rings is 1. The molecule has 0 unspecified atom stereocenters. The minimum Gasteiger partial charge on any atom is -0.447 e. The molecule has 2 heterocycles. The number of aromatic nitrogens is 1. The van der Waals surface area contributed by atoms with Gasteiger partial charge in [-0.15, -0.1) is 0 Å². The van der Waals surface area contributed by atoms with E-state index >= 15 is 0 Å². The summed E-state index contributed by atoms with van der Waals surface area (Å²) in [6, 6.07) is 7.70. The lowest BCUT2D eigenvalue weighted by Crippen LogP contribution is -2.34. The molecule has 1 saturated heterocycles. The number of nitrogens with one attached hydrogen (secondary N) is 1. The fourth-order valence-corrected chi connectivity index (χ4v) is 1.96. The number of rotatable bonds is 2. The van der Waals surface area contributed by atoms with Gasteiger partial charge in [-0.05, 0) is 38.1 Å². The molecule has 0 atom stereocenters. The van der Waals surface area contributed by atoms with Crippen molar-refractivity contribution in [3.63, 3.8) is 0 Å². The Labute approximate surface area is 93.6 Å². The topological polar surface area (TPSA) is 47.3 Å². The van der Waals surface area contributed by atoms with E-state index in [0.717, 1.165) is 37.0 Å². The molecule has 3 rings (SSSR count). The van der Waals surface area contributed by atoms with E-state index in [9.17, 15) is 0 Å². The lowest BCUT2D eigenvalue weighted by atomic mass is 10.1. The number of oxazole rings is 1. The number of hydrogen-bond donors (Lipinski definition) is 1. The largest absolute Gasteiger partial charge is 0.447 e. The van der Waals surface area contributed by atoms with Gasteiger partial charge in [0.15, 0.2) is 5.58 Å². The Morgan fingerprint density at radius 2 is 2.06 bits per heavy atom. The highest BCUT2D eigenvalue weighted by molar-refractivity contribution is 5.72. The highest BCUT2D eigenvalue weighted by Gasteiger charge is 2.17. The molecule has 0 aliphatic carbocycles. The van der Waals surface area contributed by atoms with Crippen LogP contribution in [0.5, 0.6) is 6.08 Å². The molecule has 4 heteroatoms. The molecule has 0 bridgehead atoms. The lowest BCUT2D eigenvalue weighted by molar-refractivity contribution is 0.121. The monoisotopic (exact) mass is 218 g/mol. The van der Waals surface area contributed by atoms with Crippen LogP contribution >= 0.6 is 0 Å². The van der Waals surface area contributed by atoms with Gasteiger partial charge < -0.3 is 14.5 Å². The molecule has 4 nitrogen and oxygen atoms in total. The molecule has 1 N–H and O–H groups in total. The van der Waals surface area contributed by atoms with Gasteiger partial charge in [0.25, 0.3) is 0 Å². The normalized spacial score (nSPS) is 17.8. The van der Waals surface area contributed by atoms with Crippen LogP contribution in [0.3, 0.4) is 0 Å². The van der Waals surface area contributed by atoms with Crippen molar-refractivity contribution < 1.29 is 9.15 Å². The smallest absolute Gasteiger partial charge is 0.394 e. The van der Waals surface area contributed by atoms with E-state index in [2.05, 4.69) is 10.3 Å². The van der Waals surface area contributed by atoms with Gasteiger partial charge in [0.05, 0.1) is 0 Å². The number of hydrogen-bond acceptors (Lipinski definition) is 4. The van der Waals surface area contributed by atoms with Crippen LogP contribution in [0.4, 0.5) is 0 Å². The molecule has 0 saturated carbocycles. The SMILES string of the molecule is c1ccc2oc(OC3CCNCC3)nc2c1. The highest BCUT2D eigenvalue weighted by Crippen LogP contribution is 2.22. The van der Waals surface area contributed by atoms with Gasteiger partial charge >= 0.3 is 6.08 Å². The van der Waals surface area contributed by atoms with Crippen LogP contribution in [0.2, 0.25) is 0 Å². The first-order valence-corrected chi connectivity index (χ1v) is 5.65. The fourth-order valence-electron chi connectivity index (χ4n) is 1.96. The zero-order valence-corrected chi connectivity index (χ0v) is 8.98. The average molecular weight is 218 g/mol. The van der Waals surface area contributed by atoms with Gasteiger partial charge in [-0.3, -0.25) is 0 Å². The minimum absolute atomic E-state index is 0.231. The van der Waals surface area contributed by atoms with Crippen LogP contribution in [-0.4, -0.2) is 24.2 Å². The van der Waals surface area contributed by atoms with Crippen LogP contribution in [-0.2, 0) is 0 Å². The molecule has 0 amide bonds. The standard InChI is InChI=1S/C12H14N2O2/c1-2-4-11-10(3-1)14-12(16-11)15-9-5-7-13-8-6-9/h1-4,9,13H,5-8H2. The quantitative estimate of drug-likeness (QED) is 0.837. The first-order chi connectivity index (χ1) is 7.92. The molecule has 1 aliphatic rings. The summed E-state index contributed by atoms with van der Waals surface area (Å²) in [6.45, 7) is 2.01. The second-order valence-electron chi connectivity index (χ2n) is 4.01. The molecule has 2 aromatic rings. The highest BCUT2D eigenvalue weighted by atomic mass is 16.6. The molecular formula is C12H14N2O2. The molecule has 1 aliphatic heterocycles. The number of ether oxygens (including phenoxy) is 1. The summed E-state index contributed by atoms with van der Waals surface area (Å²) < 4.78 is 11.2.